The van der Waals surface area contributed by atoms with E-state index in [9.17, 15) is 9.59 Å². The predicted octanol–water partition coefficient (Wildman–Crippen LogP) is 3.64. The van der Waals surface area contributed by atoms with Crippen molar-refractivity contribution in [1.29, 1.82) is 0 Å². The molecule has 0 atom stereocenters. The molecular weight excluding hydrogens is 278 g/mol. The van der Waals surface area contributed by atoms with Crippen LogP contribution in [0.4, 0.5) is 4.79 Å². The van der Waals surface area contributed by atoms with E-state index in [4.69, 9.17) is 4.74 Å². The second-order valence-corrected chi connectivity index (χ2v) is 4.90. The average molecular weight is 295 g/mol. The first-order valence-corrected chi connectivity index (χ1v) is 6.83. The van der Waals surface area contributed by atoms with Crippen LogP contribution in [-0.4, -0.2) is 30.9 Å². The zero-order valence-electron chi connectivity index (χ0n) is 12.5. The third-order valence-corrected chi connectivity index (χ3v) is 2.91. The maximum Gasteiger partial charge on any atom is 0.414 e. The molecule has 4 heteroatoms. The van der Waals surface area contributed by atoms with Crippen LogP contribution in [-0.2, 0) is 0 Å². The van der Waals surface area contributed by atoms with Crippen molar-refractivity contribution in [3.63, 3.8) is 0 Å². The lowest BCUT2D eigenvalue weighted by molar-refractivity contribution is 0.104. The van der Waals surface area contributed by atoms with E-state index in [1.54, 1.807) is 50.5 Å². The summed E-state index contributed by atoms with van der Waals surface area (Å²) in [5.41, 5.74) is 1.42. The Morgan fingerprint density at radius 1 is 1.00 bits per heavy atom. The van der Waals surface area contributed by atoms with Gasteiger partial charge >= 0.3 is 6.09 Å². The molecule has 0 bridgehead atoms. The monoisotopic (exact) mass is 295 g/mol. The van der Waals surface area contributed by atoms with Crippen molar-refractivity contribution in [2.45, 2.75) is 0 Å². The van der Waals surface area contributed by atoms with Crippen molar-refractivity contribution >= 4 is 18.0 Å². The van der Waals surface area contributed by atoms with E-state index < -0.39 is 6.09 Å². The number of ketones is 1. The fraction of sp³-hybridized carbons (Fsp3) is 0.111. The molecule has 0 heterocycles. The van der Waals surface area contributed by atoms with Gasteiger partial charge in [-0.05, 0) is 23.8 Å². The number of hydrogen-bond acceptors (Lipinski definition) is 3. The quantitative estimate of drug-likeness (QED) is 0.639. The molecule has 1 amide bonds. The van der Waals surface area contributed by atoms with Crippen LogP contribution < -0.4 is 4.74 Å². The van der Waals surface area contributed by atoms with Crippen LogP contribution in [0.25, 0.3) is 6.08 Å². The van der Waals surface area contributed by atoms with Crippen molar-refractivity contribution in [3.8, 4) is 5.75 Å². The van der Waals surface area contributed by atoms with Crippen LogP contribution >= 0.6 is 0 Å². The molecule has 112 valence electrons. The summed E-state index contributed by atoms with van der Waals surface area (Å²) < 4.78 is 5.18. The minimum atomic E-state index is -0.443. The van der Waals surface area contributed by atoms with Gasteiger partial charge in [-0.25, -0.2) is 4.79 Å². The van der Waals surface area contributed by atoms with Crippen molar-refractivity contribution in [2.75, 3.05) is 14.1 Å². The molecule has 2 aromatic carbocycles. The van der Waals surface area contributed by atoms with Crippen LogP contribution in [0.15, 0.2) is 60.7 Å². The number of ether oxygens (including phenoxy) is 1. The number of rotatable bonds is 4. The number of benzene rings is 2. The molecule has 2 aromatic rings. The SMILES string of the molecule is CN(C)C(=O)Oc1cccc(C=CC(=O)c2ccccc2)c1. The topological polar surface area (TPSA) is 46.6 Å². The first-order chi connectivity index (χ1) is 10.6. The standard InChI is InChI=1S/C18H17NO3/c1-19(2)18(21)22-16-10-6-7-14(13-16)11-12-17(20)15-8-4-3-5-9-15/h3-13H,1-2H3. The zero-order valence-corrected chi connectivity index (χ0v) is 12.5. The third-order valence-electron chi connectivity index (χ3n) is 2.91. The number of carbonyl (C=O) groups is 2. The number of carbonyl (C=O) groups excluding carboxylic acids is 2. The molecule has 0 unspecified atom stereocenters. The van der Waals surface area contributed by atoms with E-state index in [2.05, 4.69) is 0 Å². The van der Waals surface area contributed by atoms with Gasteiger partial charge in [-0.3, -0.25) is 4.79 Å². The molecule has 0 saturated heterocycles. The highest BCUT2D eigenvalue weighted by molar-refractivity contribution is 6.06. The summed E-state index contributed by atoms with van der Waals surface area (Å²) in [6.45, 7) is 0. The second kappa shape index (κ2) is 7.22. The lowest BCUT2D eigenvalue weighted by Crippen LogP contribution is -2.25. The molecule has 2 rings (SSSR count). The van der Waals surface area contributed by atoms with E-state index in [1.807, 2.05) is 24.3 Å². The Morgan fingerprint density at radius 3 is 2.41 bits per heavy atom. The lowest BCUT2D eigenvalue weighted by atomic mass is 10.1. The van der Waals surface area contributed by atoms with Crippen molar-refractivity contribution in [2.24, 2.45) is 0 Å². The van der Waals surface area contributed by atoms with Gasteiger partial charge in [0.15, 0.2) is 5.78 Å². The largest absolute Gasteiger partial charge is 0.414 e. The molecule has 0 saturated carbocycles. The molecule has 0 aromatic heterocycles. The zero-order chi connectivity index (χ0) is 15.9. The Kier molecular flexibility index (Phi) is 5.09. The number of nitrogens with zero attached hydrogens (tertiary/aromatic N) is 1. The average Bonchev–Trinajstić information content (AvgIpc) is 2.53. The third kappa shape index (κ3) is 4.31. The van der Waals surface area contributed by atoms with E-state index >= 15 is 0 Å². The Labute approximate surface area is 129 Å². The summed E-state index contributed by atoms with van der Waals surface area (Å²) in [6.07, 6.45) is 2.76. The van der Waals surface area contributed by atoms with E-state index in [0.29, 0.717) is 11.3 Å². The van der Waals surface area contributed by atoms with Crippen molar-refractivity contribution in [3.05, 3.63) is 71.8 Å². The van der Waals surface area contributed by atoms with Crippen LogP contribution in [0.2, 0.25) is 0 Å². The maximum absolute atomic E-state index is 12.0. The minimum Gasteiger partial charge on any atom is -0.410 e. The second-order valence-electron chi connectivity index (χ2n) is 4.90. The van der Waals surface area contributed by atoms with Gasteiger partial charge in [-0.2, -0.15) is 0 Å². The molecule has 0 aliphatic rings. The number of allylic oxidation sites excluding steroid dienone is 1. The molecule has 0 aliphatic carbocycles. The highest BCUT2D eigenvalue weighted by Crippen LogP contribution is 2.15. The highest BCUT2D eigenvalue weighted by Gasteiger charge is 2.06. The molecule has 0 fully saturated rings. The van der Waals surface area contributed by atoms with Gasteiger partial charge in [-0.1, -0.05) is 48.5 Å². The molecular formula is C18H17NO3. The first kappa shape index (κ1) is 15.5. The van der Waals surface area contributed by atoms with Gasteiger partial charge in [0.05, 0.1) is 0 Å². The summed E-state index contributed by atoms with van der Waals surface area (Å²) in [5, 5.41) is 0. The summed E-state index contributed by atoms with van der Waals surface area (Å²) in [7, 11) is 3.23. The Hall–Kier alpha value is -2.88. The Bertz CT molecular complexity index is 690. The van der Waals surface area contributed by atoms with Gasteiger partial charge < -0.3 is 9.64 Å². The van der Waals surface area contributed by atoms with Crippen LogP contribution in [0.5, 0.6) is 5.75 Å². The van der Waals surface area contributed by atoms with Crippen molar-refractivity contribution < 1.29 is 14.3 Å². The van der Waals surface area contributed by atoms with Gasteiger partial charge in [-0.15, -0.1) is 0 Å². The molecule has 0 N–H and O–H groups in total. The van der Waals surface area contributed by atoms with Crippen LogP contribution in [0.1, 0.15) is 15.9 Å². The summed E-state index contributed by atoms with van der Waals surface area (Å²) in [4.78, 5) is 24.8. The molecule has 4 nitrogen and oxygen atoms in total. The van der Waals surface area contributed by atoms with Gasteiger partial charge in [0, 0.05) is 19.7 Å². The summed E-state index contributed by atoms with van der Waals surface area (Å²) in [5.74, 6) is 0.365. The predicted molar refractivity (Wildman–Crippen MR) is 86.0 cm³/mol. The maximum atomic E-state index is 12.0. The lowest BCUT2D eigenvalue weighted by Gasteiger charge is -2.10. The first-order valence-electron chi connectivity index (χ1n) is 6.83. The highest BCUT2D eigenvalue weighted by atomic mass is 16.6. The van der Waals surface area contributed by atoms with Gasteiger partial charge in [0.2, 0.25) is 0 Å². The fourth-order valence-corrected chi connectivity index (χ4v) is 1.74. The molecule has 0 spiro atoms. The number of amides is 1. The van der Waals surface area contributed by atoms with Gasteiger partial charge in [0.1, 0.15) is 5.75 Å². The normalized spacial score (nSPS) is 10.5. The Balaban J connectivity index is 2.08. The smallest absolute Gasteiger partial charge is 0.410 e. The summed E-state index contributed by atoms with van der Waals surface area (Å²) in [6, 6.07) is 16.0. The van der Waals surface area contributed by atoms with E-state index in [0.717, 1.165) is 5.56 Å². The summed E-state index contributed by atoms with van der Waals surface area (Å²) >= 11 is 0. The molecule has 22 heavy (non-hydrogen) atoms. The molecule has 0 radical (unpaired) electrons. The fourth-order valence-electron chi connectivity index (χ4n) is 1.74. The number of hydrogen-bond donors (Lipinski definition) is 0. The van der Waals surface area contributed by atoms with E-state index in [-0.39, 0.29) is 5.78 Å². The van der Waals surface area contributed by atoms with E-state index in [1.165, 1.54) is 11.0 Å². The Morgan fingerprint density at radius 2 is 1.73 bits per heavy atom. The molecule has 0 aliphatic heterocycles. The van der Waals surface area contributed by atoms with Gasteiger partial charge in [0.25, 0.3) is 0 Å². The van der Waals surface area contributed by atoms with Crippen molar-refractivity contribution in [1.82, 2.24) is 4.90 Å². The minimum absolute atomic E-state index is 0.0729. The van der Waals surface area contributed by atoms with Crippen LogP contribution in [0, 0.1) is 0 Å². The van der Waals surface area contributed by atoms with Crippen LogP contribution in [0.3, 0.4) is 0 Å².